The fraction of sp³-hybridized carbons (Fsp3) is 0.235. The summed E-state index contributed by atoms with van der Waals surface area (Å²) in [6, 6.07) is 13.5. The van der Waals surface area contributed by atoms with Crippen LogP contribution in [-0.2, 0) is 0 Å². The number of nitrogens with zero attached hydrogens (tertiary/aromatic N) is 1. The first-order valence-electron chi connectivity index (χ1n) is 7.02. The normalized spacial score (nSPS) is 12.9. The van der Waals surface area contributed by atoms with E-state index in [2.05, 4.69) is 5.32 Å². The van der Waals surface area contributed by atoms with Crippen LogP contribution in [0.2, 0.25) is 0 Å². The molecule has 0 radical (unpaired) electrons. The number of hydrogen-bond acceptors (Lipinski definition) is 3. The molecular weight excluding hydrogens is 264 g/mol. The highest BCUT2D eigenvalue weighted by molar-refractivity contribution is 6.09. The summed E-state index contributed by atoms with van der Waals surface area (Å²) in [5.41, 5.74) is 3.44. The number of carbonyl (C=O) groups excluding carboxylic acids is 1. The molecule has 1 amide bonds. The van der Waals surface area contributed by atoms with Crippen LogP contribution in [-0.4, -0.2) is 26.1 Å². The summed E-state index contributed by atoms with van der Waals surface area (Å²) in [4.78, 5) is 14.5. The van der Waals surface area contributed by atoms with Crippen molar-refractivity contribution >= 4 is 17.3 Å². The lowest BCUT2D eigenvalue weighted by molar-refractivity contribution is 0.0989. The lowest BCUT2D eigenvalue weighted by Crippen LogP contribution is -2.29. The number of ether oxygens (including phenoxy) is 1. The van der Waals surface area contributed by atoms with Crippen LogP contribution >= 0.6 is 0 Å². The Hall–Kier alpha value is -2.49. The minimum absolute atomic E-state index is 0.0650. The van der Waals surface area contributed by atoms with Crippen molar-refractivity contribution in [2.45, 2.75) is 6.92 Å². The summed E-state index contributed by atoms with van der Waals surface area (Å²) in [7, 11) is 1.79. The van der Waals surface area contributed by atoms with E-state index in [1.165, 1.54) is 0 Å². The van der Waals surface area contributed by atoms with Gasteiger partial charge in [-0.05, 0) is 30.7 Å². The molecule has 0 atom stereocenters. The number of aryl methyl sites for hydroxylation is 1. The van der Waals surface area contributed by atoms with Gasteiger partial charge in [-0.25, -0.2) is 0 Å². The van der Waals surface area contributed by atoms with Crippen molar-refractivity contribution in [2.75, 3.05) is 30.4 Å². The zero-order chi connectivity index (χ0) is 14.8. The zero-order valence-electron chi connectivity index (χ0n) is 12.2. The van der Waals surface area contributed by atoms with Crippen molar-refractivity contribution in [3.63, 3.8) is 0 Å². The summed E-state index contributed by atoms with van der Waals surface area (Å²) in [5, 5.41) is 3.25. The van der Waals surface area contributed by atoms with Crippen molar-refractivity contribution in [3.8, 4) is 5.75 Å². The molecule has 0 spiro atoms. The second-order valence-corrected chi connectivity index (χ2v) is 5.11. The number of carbonyl (C=O) groups is 1. The molecule has 2 aromatic carbocycles. The SMILES string of the molecule is Cc1ccccc1N(C)C(=O)c1cccc2c1OCCN2. The van der Waals surface area contributed by atoms with E-state index in [4.69, 9.17) is 4.74 Å². The Morgan fingerprint density at radius 1 is 1.19 bits per heavy atom. The molecule has 0 fully saturated rings. The second-order valence-electron chi connectivity index (χ2n) is 5.11. The zero-order valence-corrected chi connectivity index (χ0v) is 12.2. The van der Waals surface area contributed by atoms with Crippen LogP contribution < -0.4 is 15.0 Å². The average Bonchev–Trinajstić information content (AvgIpc) is 2.53. The molecule has 0 saturated heterocycles. The number of nitrogens with one attached hydrogen (secondary N) is 1. The fourth-order valence-electron chi connectivity index (χ4n) is 2.57. The Morgan fingerprint density at radius 3 is 2.81 bits per heavy atom. The van der Waals surface area contributed by atoms with Gasteiger partial charge in [0.15, 0.2) is 5.75 Å². The van der Waals surface area contributed by atoms with E-state index < -0.39 is 0 Å². The number of para-hydroxylation sites is 2. The van der Waals surface area contributed by atoms with Crippen molar-refractivity contribution in [3.05, 3.63) is 53.6 Å². The highest BCUT2D eigenvalue weighted by Crippen LogP contribution is 2.33. The molecule has 0 aromatic heterocycles. The number of rotatable bonds is 2. The Balaban J connectivity index is 1.98. The predicted molar refractivity (Wildman–Crippen MR) is 84.3 cm³/mol. The Morgan fingerprint density at radius 2 is 2.00 bits per heavy atom. The third-order valence-corrected chi connectivity index (χ3v) is 3.69. The first-order valence-corrected chi connectivity index (χ1v) is 7.02. The first-order chi connectivity index (χ1) is 10.2. The van der Waals surface area contributed by atoms with Crippen LogP contribution in [0.1, 0.15) is 15.9 Å². The lowest BCUT2D eigenvalue weighted by Gasteiger charge is -2.24. The minimum atomic E-state index is -0.0650. The van der Waals surface area contributed by atoms with Gasteiger partial charge in [0, 0.05) is 19.3 Å². The van der Waals surface area contributed by atoms with Crippen LogP contribution in [0.4, 0.5) is 11.4 Å². The quantitative estimate of drug-likeness (QED) is 0.920. The fourth-order valence-corrected chi connectivity index (χ4v) is 2.57. The van der Waals surface area contributed by atoms with Gasteiger partial charge in [0.05, 0.1) is 11.3 Å². The topological polar surface area (TPSA) is 41.6 Å². The van der Waals surface area contributed by atoms with Crippen LogP contribution in [0.5, 0.6) is 5.75 Å². The van der Waals surface area contributed by atoms with E-state index in [-0.39, 0.29) is 5.91 Å². The number of fused-ring (bicyclic) bond motifs is 1. The number of anilines is 2. The average molecular weight is 282 g/mol. The van der Waals surface area contributed by atoms with Gasteiger partial charge in [0.2, 0.25) is 0 Å². The maximum atomic E-state index is 12.8. The number of benzene rings is 2. The third-order valence-electron chi connectivity index (χ3n) is 3.69. The lowest BCUT2D eigenvalue weighted by atomic mass is 10.1. The minimum Gasteiger partial charge on any atom is -0.489 e. The molecular formula is C17H18N2O2. The molecule has 0 aliphatic carbocycles. The van der Waals surface area contributed by atoms with Gasteiger partial charge < -0.3 is 15.0 Å². The molecule has 1 heterocycles. The third kappa shape index (κ3) is 2.44. The van der Waals surface area contributed by atoms with Crippen LogP contribution in [0.15, 0.2) is 42.5 Å². The van der Waals surface area contributed by atoms with Gasteiger partial charge in [-0.1, -0.05) is 24.3 Å². The second kappa shape index (κ2) is 5.48. The van der Waals surface area contributed by atoms with Crippen molar-refractivity contribution in [1.82, 2.24) is 0 Å². The van der Waals surface area contributed by atoms with Gasteiger partial charge >= 0.3 is 0 Å². The predicted octanol–water partition coefficient (Wildman–Crippen LogP) is 3.08. The molecule has 4 nitrogen and oxygen atoms in total. The molecule has 108 valence electrons. The van der Waals surface area contributed by atoms with Crippen LogP contribution in [0.3, 0.4) is 0 Å². The van der Waals surface area contributed by atoms with E-state index in [9.17, 15) is 4.79 Å². The monoisotopic (exact) mass is 282 g/mol. The molecule has 0 unspecified atom stereocenters. The highest BCUT2D eigenvalue weighted by atomic mass is 16.5. The van der Waals surface area contributed by atoms with Crippen LogP contribution in [0, 0.1) is 6.92 Å². The van der Waals surface area contributed by atoms with Gasteiger partial charge in [-0.2, -0.15) is 0 Å². The number of hydrogen-bond donors (Lipinski definition) is 1. The standard InChI is InChI=1S/C17H18N2O2/c1-12-6-3-4-9-15(12)19(2)17(20)13-7-5-8-14-16(13)21-11-10-18-14/h3-9,18H,10-11H2,1-2H3. The van der Waals surface area contributed by atoms with Gasteiger partial charge in [-0.15, -0.1) is 0 Å². The van der Waals surface area contributed by atoms with E-state index in [0.717, 1.165) is 23.5 Å². The van der Waals surface area contributed by atoms with E-state index in [1.807, 2.05) is 49.4 Å². The van der Waals surface area contributed by atoms with Crippen molar-refractivity contribution < 1.29 is 9.53 Å². The molecule has 21 heavy (non-hydrogen) atoms. The van der Waals surface area contributed by atoms with E-state index in [0.29, 0.717) is 17.9 Å². The maximum absolute atomic E-state index is 12.8. The molecule has 1 aliphatic heterocycles. The molecule has 4 heteroatoms. The highest BCUT2D eigenvalue weighted by Gasteiger charge is 2.22. The molecule has 1 aliphatic rings. The smallest absolute Gasteiger partial charge is 0.261 e. The summed E-state index contributed by atoms with van der Waals surface area (Å²) in [6.45, 7) is 3.33. The van der Waals surface area contributed by atoms with Crippen LogP contribution in [0.25, 0.3) is 0 Å². The molecule has 0 bridgehead atoms. The first kappa shape index (κ1) is 13.5. The summed E-state index contributed by atoms with van der Waals surface area (Å²) < 4.78 is 5.68. The van der Waals surface area contributed by atoms with Gasteiger partial charge in [-0.3, -0.25) is 4.79 Å². The summed E-state index contributed by atoms with van der Waals surface area (Å²) in [5.74, 6) is 0.582. The van der Waals surface area contributed by atoms with E-state index in [1.54, 1.807) is 11.9 Å². The largest absolute Gasteiger partial charge is 0.489 e. The molecule has 1 N–H and O–H groups in total. The van der Waals surface area contributed by atoms with Crippen molar-refractivity contribution in [2.24, 2.45) is 0 Å². The van der Waals surface area contributed by atoms with Crippen molar-refractivity contribution in [1.29, 1.82) is 0 Å². The van der Waals surface area contributed by atoms with Gasteiger partial charge in [0.25, 0.3) is 5.91 Å². The molecule has 2 aromatic rings. The Kier molecular flexibility index (Phi) is 3.52. The maximum Gasteiger partial charge on any atom is 0.261 e. The summed E-state index contributed by atoms with van der Waals surface area (Å²) >= 11 is 0. The van der Waals surface area contributed by atoms with E-state index >= 15 is 0 Å². The Bertz CT molecular complexity index is 682. The Labute approximate surface area is 124 Å². The molecule has 3 rings (SSSR count). The molecule has 0 saturated carbocycles. The van der Waals surface area contributed by atoms with Gasteiger partial charge in [0.1, 0.15) is 6.61 Å². The summed E-state index contributed by atoms with van der Waals surface area (Å²) in [6.07, 6.45) is 0. The number of amides is 1.